The van der Waals surface area contributed by atoms with Crippen molar-refractivity contribution >= 4 is 12.2 Å². The predicted octanol–water partition coefficient (Wildman–Crippen LogP) is 7.29. The Balaban J connectivity index is 1.48. The van der Waals surface area contributed by atoms with Crippen molar-refractivity contribution in [1.82, 2.24) is 0 Å². The Morgan fingerprint density at radius 1 is 0.654 bits per heavy atom. The number of hydrogen-bond donors (Lipinski definition) is 0. The smallest absolute Gasteiger partial charge is 0.00576 e. The molecule has 0 spiro atoms. The lowest BCUT2D eigenvalue weighted by molar-refractivity contribution is 0.860. The molecule has 0 saturated heterocycles. The number of hydrogen-bond acceptors (Lipinski definition) is 0. The molecule has 0 heterocycles. The molecule has 26 heavy (non-hydrogen) atoms. The Labute approximate surface area is 158 Å². The summed E-state index contributed by atoms with van der Waals surface area (Å²) < 4.78 is 0. The SMILES string of the molecule is CC(C)c1cccc2c1C=C(CCC1=Cc3c(cccc3C(C)C)C1)C2. The molecule has 0 radical (unpaired) electrons. The monoisotopic (exact) mass is 342 g/mol. The lowest BCUT2D eigenvalue weighted by Crippen LogP contribution is -1.93. The Morgan fingerprint density at radius 2 is 1.08 bits per heavy atom. The molecule has 0 aliphatic heterocycles. The predicted molar refractivity (Wildman–Crippen MR) is 114 cm³/mol. The fourth-order valence-electron chi connectivity index (χ4n) is 4.57. The van der Waals surface area contributed by atoms with Crippen molar-refractivity contribution in [3.63, 3.8) is 0 Å². The van der Waals surface area contributed by atoms with Crippen LogP contribution in [0.1, 0.15) is 85.8 Å². The van der Waals surface area contributed by atoms with E-state index in [1.54, 1.807) is 11.1 Å². The summed E-state index contributed by atoms with van der Waals surface area (Å²) >= 11 is 0. The van der Waals surface area contributed by atoms with Gasteiger partial charge < -0.3 is 0 Å². The fraction of sp³-hybridized carbons (Fsp3) is 0.385. The van der Waals surface area contributed by atoms with Crippen LogP contribution in [0.4, 0.5) is 0 Å². The maximum absolute atomic E-state index is 2.48. The van der Waals surface area contributed by atoms with E-state index in [1.807, 2.05) is 0 Å². The van der Waals surface area contributed by atoms with Gasteiger partial charge in [0.05, 0.1) is 0 Å². The van der Waals surface area contributed by atoms with Crippen molar-refractivity contribution in [3.8, 4) is 0 Å². The standard InChI is InChI=1S/C26H30/c1-17(2)23-9-5-7-21-13-19(15-25(21)23)11-12-20-14-22-8-6-10-24(18(3)4)26(22)16-20/h5-10,15-18H,11-14H2,1-4H3. The van der Waals surface area contributed by atoms with Crippen LogP contribution in [-0.4, -0.2) is 0 Å². The minimum atomic E-state index is 0.599. The molecule has 0 bridgehead atoms. The topological polar surface area (TPSA) is 0 Å². The largest absolute Gasteiger partial charge is 0.0649 e. The first kappa shape index (κ1) is 17.3. The maximum Gasteiger partial charge on any atom is -0.00576 e. The van der Waals surface area contributed by atoms with E-state index in [-0.39, 0.29) is 0 Å². The molecule has 2 aromatic rings. The van der Waals surface area contributed by atoms with Crippen LogP contribution in [0, 0.1) is 0 Å². The Morgan fingerprint density at radius 3 is 1.46 bits per heavy atom. The van der Waals surface area contributed by atoms with Gasteiger partial charge in [0.2, 0.25) is 0 Å². The second-order valence-corrected chi connectivity index (χ2v) is 8.61. The van der Waals surface area contributed by atoms with Gasteiger partial charge in [0.15, 0.2) is 0 Å². The molecule has 0 heteroatoms. The third-order valence-electron chi connectivity index (χ3n) is 6.00. The molecule has 0 saturated carbocycles. The Kier molecular flexibility index (Phi) is 4.61. The molecule has 134 valence electrons. The second-order valence-electron chi connectivity index (χ2n) is 8.61. The number of rotatable bonds is 5. The first-order valence-electron chi connectivity index (χ1n) is 10.2. The van der Waals surface area contributed by atoms with E-state index < -0.39 is 0 Å². The van der Waals surface area contributed by atoms with Crippen LogP contribution in [0.25, 0.3) is 12.2 Å². The van der Waals surface area contributed by atoms with Crippen LogP contribution in [0.2, 0.25) is 0 Å². The molecule has 2 aromatic carbocycles. The molecule has 0 nitrogen and oxygen atoms in total. The first-order chi connectivity index (χ1) is 12.5. The van der Waals surface area contributed by atoms with Crippen LogP contribution in [-0.2, 0) is 12.8 Å². The van der Waals surface area contributed by atoms with Gasteiger partial charge in [-0.1, -0.05) is 87.4 Å². The highest BCUT2D eigenvalue weighted by atomic mass is 14.2. The van der Waals surface area contributed by atoms with Crippen molar-refractivity contribution in [1.29, 1.82) is 0 Å². The molecule has 0 atom stereocenters. The summed E-state index contributed by atoms with van der Waals surface area (Å²) in [5.41, 5.74) is 12.3. The van der Waals surface area contributed by atoms with Gasteiger partial charge in [0.1, 0.15) is 0 Å². The van der Waals surface area contributed by atoms with Crippen LogP contribution in [0.3, 0.4) is 0 Å². The highest BCUT2D eigenvalue weighted by Crippen LogP contribution is 2.37. The van der Waals surface area contributed by atoms with Gasteiger partial charge in [-0.05, 0) is 70.9 Å². The normalized spacial score (nSPS) is 15.3. The highest BCUT2D eigenvalue weighted by molar-refractivity contribution is 5.69. The van der Waals surface area contributed by atoms with Gasteiger partial charge in [-0.15, -0.1) is 0 Å². The van der Waals surface area contributed by atoms with Crippen molar-refractivity contribution < 1.29 is 0 Å². The minimum absolute atomic E-state index is 0.599. The molecule has 0 aromatic heterocycles. The van der Waals surface area contributed by atoms with Crippen molar-refractivity contribution in [3.05, 3.63) is 80.9 Å². The average Bonchev–Trinajstić information content (AvgIpc) is 3.21. The van der Waals surface area contributed by atoms with Crippen LogP contribution in [0.15, 0.2) is 47.5 Å². The third-order valence-corrected chi connectivity index (χ3v) is 6.00. The maximum atomic E-state index is 2.48. The van der Waals surface area contributed by atoms with E-state index >= 15 is 0 Å². The van der Waals surface area contributed by atoms with Gasteiger partial charge >= 0.3 is 0 Å². The Hall–Kier alpha value is -2.08. The summed E-state index contributed by atoms with van der Waals surface area (Å²) in [5, 5.41) is 0. The van der Waals surface area contributed by atoms with Crippen LogP contribution in [0.5, 0.6) is 0 Å². The summed E-state index contributed by atoms with van der Waals surface area (Å²) in [6.07, 6.45) is 9.65. The fourth-order valence-corrected chi connectivity index (χ4v) is 4.57. The number of allylic oxidation sites excluding steroid dienone is 2. The van der Waals surface area contributed by atoms with E-state index in [0.29, 0.717) is 11.8 Å². The van der Waals surface area contributed by atoms with Crippen molar-refractivity contribution in [2.75, 3.05) is 0 Å². The lowest BCUT2D eigenvalue weighted by atomic mass is 9.95. The minimum Gasteiger partial charge on any atom is -0.0649 e. The first-order valence-corrected chi connectivity index (χ1v) is 10.2. The van der Waals surface area contributed by atoms with E-state index in [4.69, 9.17) is 0 Å². The average molecular weight is 343 g/mol. The van der Waals surface area contributed by atoms with Crippen LogP contribution < -0.4 is 0 Å². The zero-order chi connectivity index (χ0) is 18.3. The van der Waals surface area contributed by atoms with Crippen molar-refractivity contribution in [2.24, 2.45) is 0 Å². The van der Waals surface area contributed by atoms with E-state index in [9.17, 15) is 0 Å². The summed E-state index contributed by atoms with van der Waals surface area (Å²) in [6.45, 7) is 9.20. The molecule has 2 aliphatic rings. The summed E-state index contributed by atoms with van der Waals surface area (Å²) in [4.78, 5) is 0. The van der Waals surface area contributed by atoms with E-state index in [1.165, 1.54) is 46.2 Å². The highest BCUT2D eigenvalue weighted by Gasteiger charge is 2.20. The van der Waals surface area contributed by atoms with Gasteiger partial charge in [-0.25, -0.2) is 0 Å². The zero-order valence-electron chi connectivity index (χ0n) is 16.6. The van der Waals surface area contributed by atoms with Gasteiger partial charge in [0.25, 0.3) is 0 Å². The number of benzene rings is 2. The molecular formula is C26H30. The molecule has 4 rings (SSSR count). The summed E-state index contributed by atoms with van der Waals surface area (Å²) in [6, 6.07) is 13.7. The van der Waals surface area contributed by atoms with E-state index in [2.05, 4.69) is 76.2 Å². The van der Waals surface area contributed by atoms with Gasteiger partial charge in [-0.3, -0.25) is 0 Å². The molecular weight excluding hydrogens is 312 g/mol. The molecule has 0 amide bonds. The van der Waals surface area contributed by atoms with Crippen LogP contribution >= 0.6 is 0 Å². The summed E-state index contributed by atoms with van der Waals surface area (Å²) in [5.74, 6) is 1.20. The molecule has 2 aliphatic carbocycles. The molecule has 0 N–H and O–H groups in total. The molecule has 0 fully saturated rings. The quantitative estimate of drug-likeness (QED) is 0.535. The number of fused-ring (bicyclic) bond motifs is 2. The lowest BCUT2D eigenvalue weighted by Gasteiger charge is -2.10. The van der Waals surface area contributed by atoms with Crippen molar-refractivity contribution in [2.45, 2.75) is 65.2 Å². The Bertz CT molecular complexity index is 815. The van der Waals surface area contributed by atoms with Gasteiger partial charge in [-0.2, -0.15) is 0 Å². The summed E-state index contributed by atoms with van der Waals surface area (Å²) in [7, 11) is 0. The van der Waals surface area contributed by atoms with Gasteiger partial charge in [0, 0.05) is 0 Å². The molecule has 0 unspecified atom stereocenters. The second kappa shape index (κ2) is 6.91. The van der Waals surface area contributed by atoms with E-state index in [0.717, 1.165) is 12.8 Å². The third kappa shape index (κ3) is 3.18. The zero-order valence-corrected chi connectivity index (χ0v) is 16.6.